The second kappa shape index (κ2) is 4.84. The summed E-state index contributed by atoms with van der Waals surface area (Å²) in [6.07, 6.45) is -4.34. The summed E-state index contributed by atoms with van der Waals surface area (Å²) < 4.78 is 38.5. The third kappa shape index (κ3) is 2.65. The average molecular weight is 356 g/mol. The Hall–Kier alpha value is -1.89. The molecule has 0 fully saturated rings. The van der Waals surface area contributed by atoms with Gasteiger partial charge in [0.1, 0.15) is 5.82 Å². The highest BCUT2D eigenvalue weighted by Crippen LogP contribution is 2.31. The fraction of sp³-hybridized carbons (Fsp3) is 0.143. The summed E-state index contributed by atoms with van der Waals surface area (Å²) in [4.78, 5) is 11.7. The van der Waals surface area contributed by atoms with Crippen molar-refractivity contribution in [2.45, 2.75) is 13.1 Å². The van der Waals surface area contributed by atoms with Gasteiger partial charge in [-0.05, 0) is 41.1 Å². The molecule has 0 amide bonds. The number of rotatable bonds is 1. The number of H-pyrrole nitrogens is 1. The van der Waals surface area contributed by atoms with Crippen LogP contribution in [-0.2, 0) is 6.18 Å². The summed E-state index contributed by atoms with van der Waals surface area (Å²) in [5, 5.41) is 0. The van der Waals surface area contributed by atoms with Gasteiger partial charge in [-0.25, -0.2) is 9.97 Å². The molecule has 1 N–H and O–H groups in total. The maximum atomic E-state index is 12.5. The van der Waals surface area contributed by atoms with Crippen LogP contribution in [0.4, 0.5) is 13.2 Å². The molecule has 3 rings (SSSR count). The lowest BCUT2D eigenvalue weighted by Crippen LogP contribution is -2.04. The van der Waals surface area contributed by atoms with Crippen molar-refractivity contribution in [3.63, 3.8) is 0 Å². The van der Waals surface area contributed by atoms with E-state index in [0.29, 0.717) is 17.0 Å². The molecule has 21 heavy (non-hydrogen) atoms. The van der Waals surface area contributed by atoms with Crippen molar-refractivity contribution in [2.75, 3.05) is 0 Å². The first-order chi connectivity index (χ1) is 9.84. The third-order valence-corrected chi connectivity index (χ3v) is 3.89. The number of alkyl halides is 3. The van der Waals surface area contributed by atoms with E-state index in [1.807, 2.05) is 13.0 Å². The molecular formula is C14H9BrF3N3. The maximum Gasteiger partial charge on any atom is 0.416 e. The van der Waals surface area contributed by atoms with Gasteiger partial charge >= 0.3 is 6.18 Å². The van der Waals surface area contributed by atoms with Crippen LogP contribution in [0.15, 0.2) is 34.8 Å². The average Bonchev–Trinajstić information content (AvgIpc) is 2.81. The second-order valence-corrected chi connectivity index (χ2v) is 5.44. The number of nitrogens with one attached hydrogen (secondary N) is 1. The Kier molecular flexibility index (Phi) is 3.24. The molecule has 0 atom stereocenters. The van der Waals surface area contributed by atoms with Gasteiger partial charge in [0.25, 0.3) is 0 Å². The van der Waals surface area contributed by atoms with E-state index in [9.17, 15) is 13.2 Å². The Morgan fingerprint density at radius 2 is 1.76 bits per heavy atom. The van der Waals surface area contributed by atoms with Crippen LogP contribution in [0, 0.1) is 6.92 Å². The standard InChI is InChI=1S/C14H9BrF3N3/c1-7-10(15)6-11-13(19-7)21-12(20-11)8-2-4-9(5-3-8)14(16,17)18/h2-6H,1H3,(H,19,20,21). The largest absolute Gasteiger partial charge is 0.416 e. The normalized spacial score (nSPS) is 12.0. The van der Waals surface area contributed by atoms with Gasteiger partial charge in [-0.2, -0.15) is 13.2 Å². The van der Waals surface area contributed by atoms with Crippen LogP contribution in [0.5, 0.6) is 0 Å². The molecule has 1 aromatic carbocycles. The lowest BCUT2D eigenvalue weighted by molar-refractivity contribution is -0.137. The van der Waals surface area contributed by atoms with E-state index in [-0.39, 0.29) is 0 Å². The van der Waals surface area contributed by atoms with Gasteiger partial charge in [-0.3, -0.25) is 0 Å². The second-order valence-electron chi connectivity index (χ2n) is 4.59. The van der Waals surface area contributed by atoms with Gasteiger partial charge in [0.2, 0.25) is 0 Å². The van der Waals surface area contributed by atoms with E-state index in [0.717, 1.165) is 27.8 Å². The lowest BCUT2D eigenvalue weighted by Gasteiger charge is -2.06. The molecule has 0 unspecified atom stereocenters. The van der Waals surface area contributed by atoms with Crippen molar-refractivity contribution in [2.24, 2.45) is 0 Å². The van der Waals surface area contributed by atoms with Crippen LogP contribution in [0.3, 0.4) is 0 Å². The van der Waals surface area contributed by atoms with Gasteiger partial charge in [0.05, 0.1) is 16.8 Å². The van der Waals surface area contributed by atoms with Crippen molar-refractivity contribution >= 4 is 27.1 Å². The number of benzene rings is 1. The molecule has 0 saturated carbocycles. The number of halogens is 4. The summed E-state index contributed by atoms with van der Waals surface area (Å²) in [5.74, 6) is 0.490. The minimum absolute atomic E-state index is 0.490. The van der Waals surface area contributed by atoms with Crippen LogP contribution in [0.2, 0.25) is 0 Å². The Bertz CT molecular complexity index is 768. The number of hydrogen-bond donors (Lipinski definition) is 1. The SMILES string of the molecule is Cc1nc2nc(-c3ccc(C(F)(F)F)cc3)[nH]c2cc1Br. The van der Waals surface area contributed by atoms with E-state index >= 15 is 0 Å². The van der Waals surface area contributed by atoms with Gasteiger partial charge in [-0.1, -0.05) is 12.1 Å². The molecule has 2 heterocycles. The number of aromatic amines is 1. The summed E-state index contributed by atoms with van der Waals surface area (Å²) in [6, 6.07) is 6.71. The fourth-order valence-electron chi connectivity index (χ4n) is 1.96. The fourth-order valence-corrected chi connectivity index (χ4v) is 2.28. The molecule has 2 aromatic heterocycles. The quantitative estimate of drug-likeness (QED) is 0.686. The minimum Gasteiger partial charge on any atom is -0.337 e. The van der Waals surface area contributed by atoms with Crippen LogP contribution >= 0.6 is 15.9 Å². The summed E-state index contributed by atoms with van der Waals surface area (Å²) in [5.41, 5.74) is 1.95. The molecule has 7 heteroatoms. The zero-order chi connectivity index (χ0) is 15.2. The maximum absolute atomic E-state index is 12.5. The van der Waals surface area contributed by atoms with Gasteiger partial charge in [0, 0.05) is 10.0 Å². The van der Waals surface area contributed by atoms with Crippen molar-refractivity contribution in [1.29, 1.82) is 0 Å². The minimum atomic E-state index is -4.34. The Morgan fingerprint density at radius 3 is 2.38 bits per heavy atom. The zero-order valence-electron chi connectivity index (χ0n) is 10.8. The van der Waals surface area contributed by atoms with Crippen LogP contribution < -0.4 is 0 Å². The molecular weight excluding hydrogens is 347 g/mol. The highest BCUT2D eigenvalue weighted by atomic mass is 79.9. The topological polar surface area (TPSA) is 41.6 Å². The van der Waals surface area contributed by atoms with Gasteiger partial charge < -0.3 is 4.98 Å². The molecule has 0 bridgehead atoms. The predicted molar refractivity (Wildman–Crippen MR) is 76.8 cm³/mol. The molecule has 108 valence electrons. The van der Waals surface area contributed by atoms with Crippen molar-refractivity contribution in [1.82, 2.24) is 15.0 Å². The summed E-state index contributed by atoms with van der Waals surface area (Å²) in [7, 11) is 0. The van der Waals surface area contributed by atoms with Crippen LogP contribution in [0.1, 0.15) is 11.3 Å². The van der Waals surface area contributed by atoms with Gasteiger partial charge in [0.15, 0.2) is 5.65 Å². The molecule has 0 aliphatic rings. The van der Waals surface area contributed by atoms with Crippen molar-refractivity contribution in [3.8, 4) is 11.4 Å². The number of aromatic nitrogens is 3. The highest BCUT2D eigenvalue weighted by Gasteiger charge is 2.30. The Balaban J connectivity index is 2.04. The van der Waals surface area contributed by atoms with E-state index in [1.165, 1.54) is 12.1 Å². The number of pyridine rings is 1. The number of nitrogens with zero attached hydrogens (tertiary/aromatic N) is 2. The molecule has 3 aromatic rings. The zero-order valence-corrected chi connectivity index (χ0v) is 12.4. The van der Waals surface area contributed by atoms with Gasteiger partial charge in [-0.15, -0.1) is 0 Å². The smallest absolute Gasteiger partial charge is 0.337 e. The first kappa shape index (κ1) is 14.1. The van der Waals surface area contributed by atoms with Crippen LogP contribution in [-0.4, -0.2) is 15.0 Å². The Labute approximate surface area is 126 Å². The number of imidazole rings is 1. The Morgan fingerprint density at radius 1 is 1.10 bits per heavy atom. The molecule has 0 spiro atoms. The van der Waals surface area contributed by atoms with Crippen LogP contribution in [0.25, 0.3) is 22.6 Å². The van der Waals surface area contributed by atoms with Crippen molar-refractivity contribution in [3.05, 3.63) is 46.1 Å². The first-order valence-electron chi connectivity index (χ1n) is 6.05. The predicted octanol–water partition coefficient (Wildman–Crippen LogP) is 4.71. The van der Waals surface area contributed by atoms with E-state index in [4.69, 9.17) is 0 Å². The number of fused-ring (bicyclic) bond motifs is 1. The number of aryl methyl sites for hydroxylation is 1. The van der Waals surface area contributed by atoms with Crippen molar-refractivity contribution < 1.29 is 13.2 Å². The monoisotopic (exact) mass is 355 g/mol. The number of hydrogen-bond acceptors (Lipinski definition) is 2. The summed E-state index contributed by atoms with van der Waals surface area (Å²) in [6.45, 7) is 1.84. The third-order valence-electron chi connectivity index (χ3n) is 3.09. The molecule has 0 saturated heterocycles. The molecule has 0 aliphatic carbocycles. The van der Waals surface area contributed by atoms with E-state index < -0.39 is 11.7 Å². The summed E-state index contributed by atoms with van der Waals surface area (Å²) >= 11 is 3.38. The first-order valence-corrected chi connectivity index (χ1v) is 6.84. The lowest BCUT2D eigenvalue weighted by atomic mass is 10.1. The van der Waals surface area contributed by atoms with E-state index in [1.54, 1.807) is 0 Å². The highest BCUT2D eigenvalue weighted by molar-refractivity contribution is 9.10. The molecule has 3 nitrogen and oxygen atoms in total. The molecule has 0 aliphatic heterocycles. The molecule has 0 radical (unpaired) electrons. The van der Waals surface area contributed by atoms with E-state index in [2.05, 4.69) is 30.9 Å².